The van der Waals surface area contributed by atoms with Gasteiger partial charge in [0.05, 0.1) is 21.7 Å². The zero-order chi connectivity index (χ0) is 18.8. The molecule has 1 aliphatic rings. The molecular formula is C17H23Cl2N3O3. The lowest BCUT2D eigenvalue weighted by Crippen LogP contribution is -2.45. The molecule has 0 aromatic heterocycles. The van der Waals surface area contributed by atoms with Crippen LogP contribution in [0.5, 0.6) is 0 Å². The Morgan fingerprint density at radius 2 is 1.88 bits per heavy atom. The molecule has 6 nitrogen and oxygen atoms in total. The average Bonchev–Trinajstić information content (AvgIpc) is 2.51. The van der Waals surface area contributed by atoms with Crippen molar-refractivity contribution in [1.82, 2.24) is 4.90 Å². The van der Waals surface area contributed by atoms with Gasteiger partial charge in [-0.2, -0.15) is 0 Å². The Bertz CT molecular complexity index is 651. The van der Waals surface area contributed by atoms with Crippen molar-refractivity contribution in [2.45, 2.75) is 39.2 Å². The summed E-state index contributed by atoms with van der Waals surface area (Å²) in [6, 6.07) is 3.10. The van der Waals surface area contributed by atoms with E-state index in [0.717, 1.165) is 6.42 Å². The first kappa shape index (κ1) is 19.7. The highest BCUT2D eigenvalue weighted by molar-refractivity contribution is 6.39. The van der Waals surface area contributed by atoms with E-state index in [4.69, 9.17) is 33.7 Å². The number of nitrogen functional groups attached to an aromatic ring is 1. The number of ether oxygens (including phenoxy) is 1. The van der Waals surface area contributed by atoms with Crippen LogP contribution >= 0.6 is 23.2 Å². The average molecular weight is 388 g/mol. The van der Waals surface area contributed by atoms with Crippen molar-refractivity contribution < 1.29 is 14.3 Å². The molecule has 1 atom stereocenters. The molecule has 0 radical (unpaired) electrons. The Labute approximate surface area is 157 Å². The molecule has 1 saturated heterocycles. The van der Waals surface area contributed by atoms with E-state index >= 15 is 0 Å². The monoisotopic (exact) mass is 387 g/mol. The summed E-state index contributed by atoms with van der Waals surface area (Å²) in [6.45, 7) is 6.34. The van der Waals surface area contributed by atoms with Crippen LogP contribution < -0.4 is 11.1 Å². The number of amides is 2. The van der Waals surface area contributed by atoms with Gasteiger partial charge in [0.25, 0.3) is 0 Å². The summed E-state index contributed by atoms with van der Waals surface area (Å²) in [4.78, 5) is 26.3. The van der Waals surface area contributed by atoms with Crippen molar-refractivity contribution >= 4 is 46.6 Å². The summed E-state index contributed by atoms with van der Waals surface area (Å²) < 4.78 is 5.37. The van der Waals surface area contributed by atoms with Gasteiger partial charge >= 0.3 is 6.09 Å². The van der Waals surface area contributed by atoms with Crippen molar-refractivity contribution in [3.63, 3.8) is 0 Å². The summed E-state index contributed by atoms with van der Waals surface area (Å²) in [6.07, 6.45) is 1.03. The third-order valence-corrected chi connectivity index (χ3v) is 4.42. The number of nitrogens with zero attached hydrogens (tertiary/aromatic N) is 1. The van der Waals surface area contributed by atoms with E-state index in [9.17, 15) is 9.59 Å². The number of carbonyl (C=O) groups is 2. The van der Waals surface area contributed by atoms with E-state index in [2.05, 4.69) is 5.32 Å². The van der Waals surface area contributed by atoms with Crippen molar-refractivity contribution in [3.05, 3.63) is 22.2 Å². The largest absolute Gasteiger partial charge is 0.444 e. The topological polar surface area (TPSA) is 84.7 Å². The number of nitrogens with one attached hydrogen (secondary N) is 1. The Morgan fingerprint density at radius 1 is 1.28 bits per heavy atom. The van der Waals surface area contributed by atoms with Crippen molar-refractivity contribution in [2.75, 3.05) is 24.1 Å². The number of halogens is 2. The maximum atomic E-state index is 12.5. The fourth-order valence-corrected chi connectivity index (χ4v) is 3.07. The van der Waals surface area contributed by atoms with Crippen LogP contribution in [-0.2, 0) is 9.53 Å². The van der Waals surface area contributed by atoms with Gasteiger partial charge in [0, 0.05) is 18.8 Å². The number of hydrogen-bond acceptors (Lipinski definition) is 4. The lowest BCUT2D eigenvalue weighted by molar-refractivity contribution is -0.121. The summed E-state index contributed by atoms with van der Waals surface area (Å²) >= 11 is 12.0. The van der Waals surface area contributed by atoms with Gasteiger partial charge in [0.1, 0.15) is 5.60 Å². The number of carbonyl (C=O) groups excluding carboxylic acids is 2. The lowest BCUT2D eigenvalue weighted by atomic mass is 9.97. The maximum absolute atomic E-state index is 12.5. The van der Waals surface area contributed by atoms with E-state index in [1.807, 2.05) is 20.8 Å². The molecular weight excluding hydrogens is 365 g/mol. The molecule has 1 aromatic rings. The van der Waals surface area contributed by atoms with E-state index in [0.29, 0.717) is 25.2 Å². The standard InChI is InChI=1S/C17H23Cl2N3O3/c1-17(2,3)25-16(24)22-6-4-5-10(9-22)15(23)21-11-7-12(18)14(20)13(19)8-11/h7-8,10H,4-6,9,20H2,1-3H3,(H,21,23). The van der Waals surface area contributed by atoms with Crippen LogP contribution in [-0.4, -0.2) is 35.6 Å². The molecule has 2 rings (SSSR count). The van der Waals surface area contributed by atoms with Gasteiger partial charge < -0.3 is 20.7 Å². The predicted octanol–water partition coefficient (Wildman–Crippen LogP) is 4.16. The molecule has 2 amide bonds. The fraction of sp³-hybridized carbons (Fsp3) is 0.529. The minimum Gasteiger partial charge on any atom is -0.444 e. The van der Waals surface area contributed by atoms with Gasteiger partial charge in [-0.1, -0.05) is 23.2 Å². The number of rotatable bonds is 2. The highest BCUT2D eigenvalue weighted by Gasteiger charge is 2.31. The Hall–Kier alpha value is -1.66. The number of anilines is 2. The van der Waals surface area contributed by atoms with E-state index in [1.165, 1.54) is 0 Å². The third-order valence-electron chi connectivity index (χ3n) is 3.79. The Kier molecular flexibility index (Phi) is 6.06. The lowest BCUT2D eigenvalue weighted by Gasteiger charge is -2.33. The first-order valence-corrected chi connectivity index (χ1v) is 8.85. The molecule has 1 fully saturated rings. The quantitative estimate of drug-likeness (QED) is 0.745. The van der Waals surface area contributed by atoms with Crippen LogP contribution in [0.15, 0.2) is 12.1 Å². The highest BCUT2D eigenvalue weighted by atomic mass is 35.5. The van der Waals surface area contributed by atoms with Crippen LogP contribution in [0.25, 0.3) is 0 Å². The van der Waals surface area contributed by atoms with Gasteiger partial charge in [0.2, 0.25) is 5.91 Å². The van der Waals surface area contributed by atoms with Crippen molar-refractivity contribution in [1.29, 1.82) is 0 Å². The molecule has 8 heteroatoms. The first-order valence-electron chi connectivity index (χ1n) is 8.10. The number of piperidine rings is 1. The van der Waals surface area contributed by atoms with E-state index in [-0.39, 0.29) is 27.6 Å². The Morgan fingerprint density at radius 3 is 2.44 bits per heavy atom. The minimum absolute atomic E-state index is 0.190. The SMILES string of the molecule is CC(C)(C)OC(=O)N1CCCC(C(=O)Nc2cc(Cl)c(N)c(Cl)c2)C1. The number of hydrogen-bond donors (Lipinski definition) is 2. The molecule has 138 valence electrons. The molecule has 0 aliphatic carbocycles. The number of benzene rings is 1. The highest BCUT2D eigenvalue weighted by Crippen LogP contribution is 2.31. The van der Waals surface area contributed by atoms with Gasteiger partial charge in [0.15, 0.2) is 0 Å². The minimum atomic E-state index is -0.566. The summed E-state index contributed by atoms with van der Waals surface area (Å²) in [5.41, 5.74) is 5.87. The molecule has 25 heavy (non-hydrogen) atoms. The third kappa shape index (κ3) is 5.41. The van der Waals surface area contributed by atoms with E-state index in [1.54, 1.807) is 17.0 Å². The van der Waals surface area contributed by atoms with Crippen LogP contribution in [0.3, 0.4) is 0 Å². The smallest absolute Gasteiger partial charge is 0.410 e. The molecule has 1 aliphatic heterocycles. The molecule has 0 spiro atoms. The van der Waals surface area contributed by atoms with E-state index < -0.39 is 11.7 Å². The molecule has 3 N–H and O–H groups in total. The molecule has 0 bridgehead atoms. The molecule has 0 saturated carbocycles. The van der Waals surface area contributed by atoms with Crippen LogP contribution in [0, 0.1) is 5.92 Å². The zero-order valence-electron chi connectivity index (χ0n) is 14.6. The fourth-order valence-electron chi connectivity index (χ4n) is 2.58. The molecule has 1 aromatic carbocycles. The molecule has 1 unspecified atom stereocenters. The second kappa shape index (κ2) is 7.70. The van der Waals surface area contributed by atoms with Crippen molar-refractivity contribution in [3.8, 4) is 0 Å². The second-order valence-electron chi connectivity index (χ2n) is 7.11. The van der Waals surface area contributed by atoms with Crippen LogP contribution in [0.4, 0.5) is 16.2 Å². The number of likely N-dealkylation sites (tertiary alicyclic amines) is 1. The summed E-state index contributed by atoms with van der Waals surface area (Å²) in [7, 11) is 0. The van der Waals surface area contributed by atoms with Gasteiger partial charge in [-0.3, -0.25) is 4.79 Å². The summed E-state index contributed by atoms with van der Waals surface area (Å²) in [5, 5.41) is 3.35. The zero-order valence-corrected chi connectivity index (χ0v) is 16.1. The van der Waals surface area contributed by atoms with Gasteiger partial charge in [-0.15, -0.1) is 0 Å². The predicted molar refractivity (Wildman–Crippen MR) is 100 cm³/mol. The number of nitrogens with two attached hydrogens (primary N) is 1. The van der Waals surface area contributed by atoms with Crippen LogP contribution in [0.1, 0.15) is 33.6 Å². The second-order valence-corrected chi connectivity index (χ2v) is 7.92. The molecule has 1 heterocycles. The summed E-state index contributed by atoms with van der Waals surface area (Å²) in [5.74, 6) is -0.512. The maximum Gasteiger partial charge on any atom is 0.410 e. The van der Waals surface area contributed by atoms with Gasteiger partial charge in [-0.05, 0) is 45.7 Å². The van der Waals surface area contributed by atoms with Gasteiger partial charge in [-0.25, -0.2) is 4.79 Å². The van der Waals surface area contributed by atoms with Crippen molar-refractivity contribution in [2.24, 2.45) is 5.92 Å². The van der Waals surface area contributed by atoms with Crippen LogP contribution in [0.2, 0.25) is 10.0 Å². The normalized spacial score (nSPS) is 18.0. The Balaban J connectivity index is 2.01. The first-order chi connectivity index (χ1) is 11.6.